The maximum Gasteiger partial charge on any atom is 0.230 e. The Hall–Kier alpha value is -1.53. The second-order valence-electron chi connectivity index (χ2n) is 4.94. The number of aromatic nitrogens is 1. The summed E-state index contributed by atoms with van der Waals surface area (Å²) in [5.41, 5.74) is 2.11. The van der Waals surface area contributed by atoms with E-state index in [4.69, 9.17) is 4.74 Å². The van der Waals surface area contributed by atoms with Gasteiger partial charge in [-0.3, -0.25) is 4.79 Å². The Bertz CT molecular complexity index is 611. The normalized spacial score (nSPS) is 10.5. The minimum atomic E-state index is 0.0961. The molecule has 0 radical (unpaired) electrons. The molecule has 0 aliphatic carbocycles. The van der Waals surface area contributed by atoms with E-state index in [0.717, 1.165) is 40.7 Å². The van der Waals surface area contributed by atoms with Crippen molar-refractivity contribution in [1.82, 2.24) is 10.3 Å². The molecule has 4 nitrogen and oxygen atoms in total. The molecule has 1 amide bonds. The van der Waals surface area contributed by atoms with Crippen molar-refractivity contribution < 1.29 is 9.53 Å². The lowest BCUT2D eigenvalue weighted by molar-refractivity contribution is -0.118. The van der Waals surface area contributed by atoms with Gasteiger partial charge in [-0.25, -0.2) is 4.98 Å². The van der Waals surface area contributed by atoms with Gasteiger partial charge in [-0.2, -0.15) is 0 Å². The Morgan fingerprint density at radius 1 is 1.30 bits per heavy atom. The van der Waals surface area contributed by atoms with Crippen molar-refractivity contribution in [2.45, 2.75) is 26.0 Å². The molecule has 1 heterocycles. The number of hydrogen-bond donors (Lipinski definition) is 1. The highest BCUT2D eigenvalue weighted by molar-refractivity contribution is 7.99. The number of hydrogen-bond acceptors (Lipinski definition) is 5. The largest absolute Gasteiger partial charge is 0.494 e. The van der Waals surface area contributed by atoms with E-state index in [2.05, 4.69) is 15.7 Å². The first kappa shape index (κ1) is 17.8. The van der Waals surface area contributed by atoms with E-state index in [1.54, 1.807) is 23.1 Å². The third kappa shape index (κ3) is 5.88. The zero-order chi connectivity index (χ0) is 16.5. The van der Waals surface area contributed by atoms with E-state index in [0.29, 0.717) is 12.4 Å². The summed E-state index contributed by atoms with van der Waals surface area (Å²) in [6.07, 6.45) is 0.966. The third-order valence-corrected chi connectivity index (χ3v) is 4.93. The van der Waals surface area contributed by atoms with Crippen molar-refractivity contribution >= 4 is 29.0 Å². The first-order valence-electron chi connectivity index (χ1n) is 7.75. The van der Waals surface area contributed by atoms with Gasteiger partial charge >= 0.3 is 0 Å². The van der Waals surface area contributed by atoms with Gasteiger partial charge < -0.3 is 10.1 Å². The standard InChI is InChI=1S/C17H22N2O2S2/c1-3-9-18-16(20)12-22-10-14-11-23-17(19-14)13-5-7-15(8-6-13)21-4-2/h5-8,11H,3-4,9-10,12H2,1-2H3,(H,18,20). The van der Waals surface area contributed by atoms with Crippen LogP contribution in [0.3, 0.4) is 0 Å². The molecule has 1 aromatic carbocycles. The fourth-order valence-corrected chi connectivity index (χ4v) is 3.61. The molecule has 1 aromatic heterocycles. The fourth-order valence-electron chi connectivity index (χ4n) is 1.93. The predicted octanol–water partition coefficient (Wildman–Crippen LogP) is 3.97. The molecule has 0 fully saturated rings. The van der Waals surface area contributed by atoms with Gasteiger partial charge in [0.15, 0.2) is 0 Å². The molecule has 124 valence electrons. The van der Waals surface area contributed by atoms with Gasteiger partial charge in [-0.1, -0.05) is 6.92 Å². The second kappa shape index (κ2) is 9.57. The number of thiazole rings is 1. The number of carbonyl (C=O) groups excluding carboxylic acids is 1. The maximum absolute atomic E-state index is 11.5. The molecule has 2 rings (SSSR count). The average molecular weight is 351 g/mol. The van der Waals surface area contributed by atoms with E-state index in [-0.39, 0.29) is 5.91 Å². The smallest absolute Gasteiger partial charge is 0.230 e. The van der Waals surface area contributed by atoms with E-state index in [1.165, 1.54) is 0 Å². The Morgan fingerprint density at radius 3 is 2.78 bits per heavy atom. The monoisotopic (exact) mass is 350 g/mol. The van der Waals surface area contributed by atoms with Crippen LogP contribution < -0.4 is 10.1 Å². The molecule has 6 heteroatoms. The second-order valence-corrected chi connectivity index (χ2v) is 6.79. The SMILES string of the molecule is CCCNC(=O)CSCc1csc(-c2ccc(OCC)cc2)n1. The van der Waals surface area contributed by atoms with E-state index in [1.807, 2.05) is 38.1 Å². The van der Waals surface area contributed by atoms with Crippen LogP contribution in [0.4, 0.5) is 0 Å². The summed E-state index contributed by atoms with van der Waals surface area (Å²) in [5, 5.41) is 5.93. The number of nitrogens with one attached hydrogen (secondary N) is 1. The Labute approximate surface area is 145 Å². The molecule has 0 spiro atoms. The number of thioether (sulfide) groups is 1. The van der Waals surface area contributed by atoms with E-state index in [9.17, 15) is 4.79 Å². The van der Waals surface area contributed by atoms with Crippen molar-refractivity contribution in [3.05, 3.63) is 35.3 Å². The lowest BCUT2D eigenvalue weighted by Crippen LogP contribution is -2.25. The first-order valence-corrected chi connectivity index (χ1v) is 9.78. The van der Waals surface area contributed by atoms with Crippen molar-refractivity contribution in [2.75, 3.05) is 18.9 Å². The van der Waals surface area contributed by atoms with Gasteiger partial charge in [-0.05, 0) is 37.6 Å². The van der Waals surface area contributed by atoms with Gasteiger partial charge in [0.25, 0.3) is 0 Å². The zero-order valence-electron chi connectivity index (χ0n) is 13.5. The third-order valence-electron chi connectivity index (χ3n) is 3.02. The quantitative estimate of drug-likeness (QED) is 0.743. The molecule has 0 bridgehead atoms. The number of ether oxygens (including phenoxy) is 1. The summed E-state index contributed by atoms with van der Waals surface area (Å²) in [6.45, 7) is 5.44. The minimum absolute atomic E-state index is 0.0961. The molecule has 0 saturated heterocycles. The summed E-state index contributed by atoms with van der Waals surface area (Å²) in [7, 11) is 0. The first-order chi connectivity index (χ1) is 11.2. The summed E-state index contributed by atoms with van der Waals surface area (Å²) in [5.74, 6) is 2.21. The number of carbonyl (C=O) groups is 1. The predicted molar refractivity (Wildman–Crippen MR) is 98.2 cm³/mol. The number of amides is 1. The van der Waals surface area contributed by atoms with Crippen LogP contribution in [0.2, 0.25) is 0 Å². The molecule has 0 aliphatic rings. The number of nitrogens with zero attached hydrogens (tertiary/aromatic N) is 1. The number of rotatable bonds is 9. The lowest BCUT2D eigenvalue weighted by atomic mass is 10.2. The van der Waals surface area contributed by atoms with Crippen LogP contribution in [0.1, 0.15) is 26.0 Å². The molecule has 0 unspecified atom stereocenters. The zero-order valence-corrected chi connectivity index (χ0v) is 15.1. The van der Waals surface area contributed by atoms with Crippen LogP contribution in [-0.4, -0.2) is 29.8 Å². The van der Waals surface area contributed by atoms with Crippen molar-refractivity contribution in [3.63, 3.8) is 0 Å². The Morgan fingerprint density at radius 2 is 2.09 bits per heavy atom. The Balaban J connectivity index is 1.84. The molecule has 0 aliphatic heterocycles. The highest BCUT2D eigenvalue weighted by atomic mass is 32.2. The molecule has 23 heavy (non-hydrogen) atoms. The van der Waals surface area contributed by atoms with Gasteiger partial charge in [-0.15, -0.1) is 23.1 Å². The molecular formula is C17H22N2O2S2. The van der Waals surface area contributed by atoms with Crippen LogP contribution in [-0.2, 0) is 10.5 Å². The van der Waals surface area contributed by atoms with Crippen LogP contribution in [0, 0.1) is 0 Å². The summed E-state index contributed by atoms with van der Waals surface area (Å²) in [6, 6.07) is 7.98. The highest BCUT2D eigenvalue weighted by Crippen LogP contribution is 2.27. The average Bonchev–Trinajstić information content (AvgIpc) is 3.03. The van der Waals surface area contributed by atoms with Crippen molar-refractivity contribution in [1.29, 1.82) is 0 Å². The summed E-state index contributed by atoms with van der Waals surface area (Å²) in [4.78, 5) is 16.2. The van der Waals surface area contributed by atoms with Gasteiger partial charge in [0.2, 0.25) is 5.91 Å². The van der Waals surface area contributed by atoms with Crippen molar-refractivity contribution in [2.24, 2.45) is 0 Å². The minimum Gasteiger partial charge on any atom is -0.494 e. The van der Waals surface area contributed by atoms with Crippen LogP contribution in [0.5, 0.6) is 5.75 Å². The fraction of sp³-hybridized carbons (Fsp3) is 0.412. The molecule has 0 atom stereocenters. The summed E-state index contributed by atoms with van der Waals surface area (Å²) < 4.78 is 5.45. The Kier molecular flexibility index (Phi) is 7.42. The van der Waals surface area contributed by atoms with Crippen LogP contribution in [0.25, 0.3) is 10.6 Å². The van der Waals surface area contributed by atoms with Crippen molar-refractivity contribution in [3.8, 4) is 16.3 Å². The topological polar surface area (TPSA) is 51.2 Å². The lowest BCUT2D eigenvalue weighted by Gasteiger charge is -2.03. The molecule has 1 N–H and O–H groups in total. The number of benzene rings is 1. The van der Waals surface area contributed by atoms with E-state index >= 15 is 0 Å². The maximum atomic E-state index is 11.5. The van der Waals surface area contributed by atoms with Gasteiger partial charge in [0.1, 0.15) is 10.8 Å². The summed E-state index contributed by atoms with van der Waals surface area (Å²) >= 11 is 3.22. The molecule has 0 saturated carbocycles. The van der Waals surface area contributed by atoms with Gasteiger partial charge in [0, 0.05) is 23.2 Å². The molecule has 2 aromatic rings. The van der Waals surface area contributed by atoms with E-state index < -0.39 is 0 Å². The van der Waals surface area contributed by atoms with Gasteiger partial charge in [0.05, 0.1) is 18.1 Å². The van der Waals surface area contributed by atoms with Crippen LogP contribution >= 0.6 is 23.1 Å². The highest BCUT2D eigenvalue weighted by Gasteiger charge is 2.07. The van der Waals surface area contributed by atoms with Crippen LogP contribution in [0.15, 0.2) is 29.6 Å². The molecular weight excluding hydrogens is 328 g/mol.